The van der Waals surface area contributed by atoms with Crippen LogP contribution in [0.15, 0.2) is 0 Å². The summed E-state index contributed by atoms with van der Waals surface area (Å²) in [5, 5.41) is 2.49. The molecule has 0 radical (unpaired) electrons. The first kappa shape index (κ1) is 12.0. The summed E-state index contributed by atoms with van der Waals surface area (Å²) in [4.78, 5) is 24.7. The standard InChI is InChI=1S/C10H19N3O2/c1-7-5-8(2)13(6-7)10(15)9(14)12-4-3-11/h7-8H,3-6,11H2,1-2H3,(H,12,14). The molecule has 3 N–H and O–H groups in total. The lowest BCUT2D eigenvalue weighted by Gasteiger charge is -2.20. The Kier molecular flexibility index (Phi) is 4.08. The largest absolute Gasteiger partial charge is 0.347 e. The van der Waals surface area contributed by atoms with Crippen molar-refractivity contribution in [2.75, 3.05) is 19.6 Å². The fourth-order valence-electron chi connectivity index (χ4n) is 1.97. The first-order valence-electron chi connectivity index (χ1n) is 5.35. The van der Waals surface area contributed by atoms with Crippen LogP contribution in [0.2, 0.25) is 0 Å². The van der Waals surface area contributed by atoms with Gasteiger partial charge in [0.15, 0.2) is 0 Å². The maximum atomic E-state index is 11.7. The van der Waals surface area contributed by atoms with Crippen LogP contribution in [-0.2, 0) is 9.59 Å². The van der Waals surface area contributed by atoms with Gasteiger partial charge in [0.25, 0.3) is 0 Å². The molecule has 1 aliphatic heterocycles. The molecule has 1 heterocycles. The van der Waals surface area contributed by atoms with Gasteiger partial charge >= 0.3 is 11.8 Å². The average Bonchev–Trinajstić information content (AvgIpc) is 2.53. The first-order valence-corrected chi connectivity index (χ1v) is 5.35. The topological polar surface area (TPSA) is 75.4 Å². The number of amides is 2. The zero-order valence-corrected chi connectivity index (χ0v) is 9.32. The fourth-order valence-corrected chi connectivity index (χ4v) is 1.97. The van der Waals surface area contributed by atoms with Crippen LogP contribution in [0.3, 0.4) is 0 Å². The third-order valence-corrected chi connectivity index (χ3v) is 2.67. The predicted molar refractivity (Wildman–Crippen MR) is 57.0 cm³/mol. The SMILES string of the molecule is CC1CC(C)N(C(=O)C(=O)NCCN)C1. The molecule has 2 atom stereocenters. The predicted octanol–water partition coefficient (Wildman–Crippen LogP) is -0.682. The minimum atomic E-state index is -0.540. The molecule has 2 unspecified atom stereocenters. The maximum absolute atomic E-state index is 11.7. The van der Waals surface area contributed by atoms with E-state index in [0.717, 1.165) is 6.42 Å². The molecule has 5 nitrogen and oxygen atoms in total. The number of nitrogens with one attached hydrogen (secondary N) is 1. The second kappa shape index (κ2) is 5.11. The van der Waals surface area contributed by atoms with E-state index < -0.39 is 11.8 Å². The summed E-state index contributed by atoms with van der Waals surface area (Å²) in [7, 11) is 0. The van der Waals surface area contributed by atoms with Crippen LogP contribution in [0.1, 0.15) is 20.3 Å². The van der Waals surface area contributed by atoms with Crippen molar-refractivity contribution in [1.82, 2.24) is 10.2 Å². The zero-order chi connectivity index (χ0) is 11.4. The molecule has 0 bridgehead atoms. The Bertz CT molecular complexity index is 255. The Hall–Kier alpha value is -1.10. The minimum Gasteiger partial charge on any atom is -0.347 e. The van der Waals surface area contributed by atoms with E-state index >= 15 is 0 Å². The van der Waals surface area contributed by atoms with Gasteiger partial charge in [-0.15, -0.1) is 0 Å². The second-order valence-electron chi connectivity index (χ2n) is 4.19. The zero-order valence-electron chi connectivity index (χ0n) is 9.32. The van der Waals surface area contributed by atoms with E-state index in [-0.39, 0.29) is 6.04 Å². The number of nitrogens with zero attached hydrogens (tertiary/aromatic N) is 1. The van der Waals surface area contributed by atoms with E-state index in [1.165, 1.54) is 0 Å². The lowest BCUT2D eigenvalue weighted by Crippen LogP contribution is -2.45. The van der Waals surface area contributed by atoms with Crippen LogP contribution >= 0.6 is 0 Å². The van der Waals surface area contributed by atoms with Crippen molar-refractivity contribution in [2.24, 2.45) is 11.7 Å². The van der Waals surface area contributed by atoms with Crippen LogP contribution in [0.5, 0.6) is 0 Å². The molecule has 0 spiro atoms. The molecule has 86 valence electrons. The molecule has 1 aliphatic rings. The first-order chi connectivity index (χ1) is 7.06. The molecule has 0 aromatic carbocycles. The fraction of sp³-hybridized carbons (Fsp3) is 0.800. The molecule has 0 aromatic rings. The molecule has 1 rings (SSSR count). The summed E-state index contributed by atoms with van der Waals surface area (Å²) < 4.78 is 0. The van der Waals surface area contributed by atoms with Gasteiger partial charge in [0, 0.05) is 25.7 Å². The number of hydrogen-bond donors (Lipinski definition) is 2. The number of rotatable bonds is 2. The van der Waals surface area contributed by atoms with Gasteiger partial charge in [0.1, 0.15) is 0 Å². The summed E-state index contributed by atoms with van der Waals surface area (Å²) in [5.41, 5.74) is 5.24. The van der Waals surface area contributed by atoms with Crippen LogP contribution in [0, 0.1) is 5.92 Å². The number of likely N-dealkylation sites (tertiary alicyclic amines) is 1. The highest BCUT2D eigenvalue weighted by molar-refractivity contribution is 6.35. The van der Waals surface area contributed by atoms with Gasteiger partial charge in [-0.2, -0.15) is 0 Å². The van der Waals surface area contributed by atoms with Crippen LogP contribution in [0.25, 0.3) is 0 Å². The Morgan fingerprint density at radius 3 is 2.60 bits per heavy atom. The third kappa shape index (κ3) is 2.92. The van der Waals surface area contributed by atoms with Crippen molar-refractivity contribution in [2.45, 2.75) is 26.3 Å². The summed E-state index contributed by atoms with van der Waals surface area (Å²) in [5.74, 6) is -0.493. The smallest absolute Gasteiger partial charge is 0.312 e. The molecule has 0 aliphatic carbocycles. The Balaban J connectivity index is 2.49. The van der Waals surface area contributed by atoms with Crippen molar-refractivity contribution in [3.63, 3.8) is 0 Å². The van der Waals surface area contributed by atoms with Crippen molar-refractivity contribution in [1.29, 1.82) is 0 Å². The highest BCUT2D eigenvalue weighted by atomic mass is 16.2. The summed E-state index contributed by atoms with van der Waals surface area (Å²) in [6.45, 7) is 5.43. The third-order valence-electron chi connectivity index (χ3n) is 2.67. The van der Waals surface area contributed by atoms with Crippen LogP contribution in [0.4, 0.5) is 0 Å². The number of carbonyl (C=O) groups excluding carboxylic acids is 2. The minimum absolute atomic E-state index is 0.163. The number of hydrogen-bond acceptors (Lipinski definition) is 3. The molecular formula is C10H19N3O2. The molecule has 15 heavy (non-hydrogen) atoms. The Morgan fingerprint density at radius 2 is 2.13 bits per heavy atom. The monoisotopic (exact) mass is 213 g/mol. The van der Waals surface area contributed by atoms with Gasteiger partial charge < -0.3 is 16.0 Å². The van der Waals surface area contributed by atoms with Gasteiger partial charge in [-0.25, -0.2) is 0 Å². The normalized spacial score (nSPS) is 25.4. The van der Waals surface area contributed by atoms with Gasteiger partial charge in [-0.3, -0.25) is 9.59 Å². The van der Waals surface area contributed by atoms with Crippen molar-refractivity contribution in [3.8, 4) is 0 Å². The van der Waals surface area contributed by atoms with Crippen molar-refractivity contribution < 1.29 is 9.59 Å². The van der Waals surface area contributed by atoms with E-state index in [4.69, 9.17) is 5.73 Å². The number of carbonyl (C=O) groups is 2. The number of nitrogens with two attached hydrogens (primary N) is 1. The molecule has 1 fully saturated rings. The molecular weight excluding hydrogens is 194 g/mol. The Morgan fingerprint density at radius 1 is 1.47 bits per heavy atom. The van der Waals surface area contributed by atoms with Crippen molar-refractivity contribution >= 4 is 11.8 Å². The van der Waals surface area contributed by atoms with Gasteiger partial charge in [0.2, 0.25) is 0 Å². The summed E-state index contributed by atoms with van der Waals surface area (Å²) in [6, 6.07) is 0.163. The summed E-state index contributed by atoms with van der Waals surface area (Å²) in [6.07, 6.45) is 0.968. The quantitative estimate of drug-likeness (QED) is 0.597. The maximum Gasteiger partial charge on any atom is 0.312 e. The van der Waals surface area contributed by atoms with Gasteiger partial charge in [-0.05, 0) is 19.3 Å². The van der Waals surface area contributed by atoms with Gasteiger partial charge in [-0.1, -0.05) is 6.92 Å². The van der Waals surface area contributed by atoms with E-state index in [2.05, 4.69) is 12.2 Å². The van der Waals surface area contributed by atoms with E-state index in [9.17, 15) is 9.59 Å². The lowest BCUT2D eigenvalue weighted by molar-refractivity contribution is -0.146. The molecule has 0 aromatic heterocycles. The Labute approximate surface area is 90.0 Å². The van der Waals surface area contributed by atoms with E-state index in [1.54, 1.807) is 4.90 Å². The molecule has 2 amide bonds. The second-order valence-corrected chi connectivity index (χ2v) is 4.19. The van der Waals surface area contributed by atoms with E-state index in [1.807, 2.05) is 6.92 Å². The van der Waals surface area contributed by atoms with Gasteiger partial charge in [0.05, 0.1) is 0 Å². The van der Waals surface area contributed by atoms with Crippen molar-refractivity contribution in [3.05, 3.63) is 0 Å². The van der Waals surface area contributed by atoms with E-state index in [0.29, 0.717) is 25.6 Å². The molecule has 1 saturated heterocycles. The average molecular weight is 213 g/mol. The highest BCUT2D eigenvalue weighted by Crippen LogP contribution is 2.21. The molecule has 5 heteroatoms. The lowest BCUT2D eigenvalue weighted by atomic mass is 10.1. The highest BCUT2D eigenvalue weighted by Gasteiger charge is 2.32. The van der Waals surface area contributed by atoms with Crippen LogP contribution in [-0.4, -0.2) is 42.4 Å². The molecule has 0 saturated carbocycles. The van der Waals surface area contributed by atoms with Crippen LogP contribution < -0.4 is 11.1 Å². The summed E-state index contributed by atoms with van der Waals surface area (Å²) >= 11 is 0.